The van der Waals surface area contributed by atoms with E-state index in [1.165, 1.54) is 16.8 Å². The van der Waals surface area contributed by atoms with Crippen LogP contribution >= 0.6 is 0 Å². The maximum absolute atomic E-state index is 12.0. The Hall–Kier alpha value is -1.63. The maximum Gasteiger partial charge on any atom is 0.312 e. The first-order valence-corrected chi connectivity index (χ1v) is 7.12. The lowest BCUT2D eigenvalue weighted by Gasteiger charge is -2.28. The molecule has 0 atom stereocenters. The number of hydrogen-bond donors (Lipinski definition) is 1. The zero-order chi connectivity index (χ0) is 14.5. The van der Waals surface area contributed by atoms with Crippen LogP contribution in [0.5, 0.6) is 0 Å². The molecule has 2 fully saturated rings. The molecule has 0 radical (unpaired) electrons. The number of nitrogens with one attached hydrogen (secondary N) is 1. The Balaban J connectivity index is 1.84. The van der Waals surface area contributed by atoms with Gasteiger partial charge in [0.25, 0.3) is 0 Å². The van der Waals surface area contributed by atoms with Crippen molar-refractivity contribution in [1.82, 2.24) is 20.0 Å². The van der Waals surface area contributed by atoms with Gasteiger partial charge in [-0.05, 0) is 12.8 Å². The third-order valence-electron chi connectivity index (χ3n) is 3.77. The first-order valence-electron chi connectivity index (χ1n) is 7.12. The molecule has 0 aromatic rings. The molecule has 2 saturated heterocycles. The van der Waals surface area contributed by atoms with Gasteiger partial charge in [0.1, 0.15) is 0 Å². The molecule has 3 amide bonds. The molecular weight excluding hydrogens is 260 g/mol. The summed E-state index contributed by atoms with van der Waals surface area (Å²) in [6, 6.07) is 0. The predicted molar refractivity (Wildman–Crippen MR) is 72.9 cm³/mol. The Morgan fingerprint density at radius 2 is 1.60 bits per heavy atom. The summed E-state index contributed by atoms with van der Waals surface area (Å²) in [5.74, 6) is -1.19. The fraction of sp³-hybridized carbons (Fsp3) is 0.769. The summed E-state index contributed by atoms with van der Waals surface area (Å²) in [5, 5.41) is 3.13. The molecule has 0 bridgehead atoms. The second kappa shape index (κ2) is 6.69. The summed E-state index contributed by atoms with van der Waals surface area (Å²) in [5.41, 5.74) is 0. The number of carbonyl (C=O) groups excluding carboxylic acids is 3. The molecule has 2 aliphatic rings. The number of rotatable bonds is 2. The van der Waals surface area contributed by atoms with Gasteiger partial charge in [0.2, 0.25) is 5.91 Å². The molecule has 1 N–H and O–H groups in total. The van der Waals surface area contributed by atoms with Crippen LogP contribution in [0, 0.1) is 0 Å². The SMILES string of the molecule is CN(CC(=O)N1CCCC1)C(=O)C(=O)N1CCNCC1. The van der Waals surface area contributed by atoms with E-state index in [4.69, 9.17) is 0 Å². The molecule has 0 unspecified atom stereocenters. The van der Waals surface area contributed by atoms with Crippen LogP contribution in [0.15, 0.2) is 0 Å². The largest absolute Gasteiger partial charge is 0.341 e. The van der Waals surface area contributed by atoms with Crippen molar-refractivity contribution in [2.45, 2.75) is 12.8 Å². The summed E-state index contributed by atoms with van der Waals surface area (Å²) in [6.45, 7) is 3.98. The third-order valence-corrected chi connectivity index (χ3v) is 3.77. The lowest BCUT2D eigenvalue weighted by Crippen LogP contribution is -2.52. The quantitative estimate of drug-likeness (QED) is 0.626. The van der Waals surface area contributed by atoms with Crippen molar-refractivity contribution < 1.29 is 14.4 Å². The Kier molecular flexibility index (Phi) is 4.94. The normalized spacial score (nSPS) is 19.1. The highest BCUT2D eigenvalue weighted by molar-refractivity contribution is 6.35. The number of nitrogens with zero attached hydrogens (tertiary/aromatic N) is 3. The Morgan fingerprint density at radius 1 is 1.00 bits per heavy atom. The third kappa shape index (κ3) is 3.47. The molecule has 112 valence electrons. The van der Waals surface area contributed by atoms with Gasteiger partial charge in [0.05, 0.1) is 6.54 Å². The van der Waals surface area contributed by atoms with Gasteiger partial charge < -0.3 is 20.0 Å². The minimum absolute atomic E-state index is 0.0172. The molecule has 2 heterocycles. The van der Waals surface area contributed by atoms with Crippen molar-refractivity contribution >= 4 is 17.7 Å². The van der Waals surface area contributed by atoms with Gasteiger partial charge in [-0.15, -0.1) is 0 Å². The van der Waals surface area contributed by atoms with E-state index in [1.54, 1.807) is 4.90 Å². The number of amides is 3. The number of piperazine rings is 1. The van der Waals surface area contributed by atoms with E-state index >= 15 is 0 Å². The second-order valence-electron chi connectivity index (χ2n) is 5.29. The average molecular weight is 282 g/mol. The average Bonchev–Trinajstić information content (AvgIpc) is 3.01. The molecule has 0 aromatic carbocycles. The number of hydrogen-bond acceptors (Lipinski definition) is 4. The van der Waals surface area contributed by atoms with Crippen molar-refractivity contribution in [3.63, 3.8) is 0 Å². The van der Waals surface area contributed by atoms with Crippen molar-refractivity contribution in [2.75, 3.05) is 52.9 Å². The summed E-state index contributed by atoms with van der Waals surface area (Å²) < 4.78 is 0. The Bertz CT molecular complexity index is 387. The van der Waals surface area contributed by atoms with Gasteiger partial charge >= 0.3 is 11.8 Å². The van der Waals surface area contributed by atoms with Gasteiger partial charge in [-0.3, -0.25) is 14.4 Å². The fourth-order valence-corrected chi connectivity index (χ4v) is 2.51. The summed E-state index contributed by atoms with van der Waals surface area (Å²) in [4.78, 5) is 40.5. The lowest BCUT2D eigenvalue weighted by molar-refractivity contribution is -0.152. The van der Waals surface area contributed by atoms with E-state index in [1.807, 2.05) is 0 Å². The molecule has 0 aliphatic carbocycles. The van der Waals surface area contributed by atoms with Crippen LogP contribution in [-0.2, 0) is 14.4 Å². The molecular formula is C13H22N4O3. The second-order valence-corrected chi connectivity index (χ2v) is 5.29. The number of carbonyl (C=O) groups is 3. The van der Waals surface area contributed by atoms with Crippen molar-refractivity contribution in [2.24, 2.45) is 0 Å². The van der Waals surface area contributed by atoms with Crippen molar-refractivity contribution in [3.8, 4) is 0 Å². The van der Waals surface area contributed by atoms with E-state index in [2.05, 4.69) is 5.32 Å². The van der Waals surface area contributed by atoms with E-state index in [-0.39, 0.29) is 12.5 Å². The first-order chi connectivity index (χ1) is 9.59. The van der Waals surface area contributed by atoms with E-state index < -0.39 is 11.8 Å². The summed E-state index contributed by atoms with van der Waals surface area (Å²) in [7, 11) is 1.51. The molecule has 0 spiro atoms. The summed E-state index contributed by atoms with van der Waals surface area (Å²) >= 11 is 0. The molecule has 7 heteroatoms. The minimum atomic E-state index is -0.598. The molecule has 2 rings (SSSR count). The van der Waals surface area contributed by atoms with Gasteiger partial charge in [-0.1, -0.05) is 0 Å². The molecule has 0 saturated carbocycles. The van der Waals surface area contributed by atoms with Crippen LogP contribution in [0.1, 0.15) is 12.8 Å². The fourth-order valence-electron chi connectivity index (χ4n) is 2.51. The highest BCUT2D eigenvalue weighted by Crippen LogP contribution is 2.08. The Labute approximate surface area is 118 Å². The minimum Gasteiger partial charge on any atom is -0.341 e. The van der Waals surface area contributed by atoms with Gasteiger partial charge in [-0.2, -0.15) is 0 Å². The maximum atomic E-state index is 12.0. The van der Waals surface area contributed by atoms with Gasteiger partial charge in [-0.25, -0.2) is 0 Å². The van der Waals surface area contributed by atoms with Gasteiger partial charge in [0.15, 0.2) is 0 Å². The van der Waals surface area contributed by atoms with E-state index in [0.29, 0.717) is 26.2 Å². The molecule has 2 aliphatic heterocycles. The Morgan fingerprint density at radius 3 is 2.20 bits per heavy atom. The number of likely N-dealkylation sites (tertiary alicyclic amines) is 1. The zero-order valence-electron chi connectivity index (χ0n) is 11.9. The number of likely N-dealkylation sites (N-methyl/N-ethyl adjacent to an activating group) is 1. The summed E-state index contributed by atoms with van der Waals surface area (Å²) in [6.07, 6.45) is 2.03. The van der Waals surface area contributed by atoms with Crippen molar-refractivity contribution in [1.29, 1.82) is 0 Å². The zero-order valence-corrected chi connectivity index (χ0v) is 11.9. The first kappa shape index (κ1) is 14.8. The molecule has 0 aromatic heterocycles. The predicted octanol–water partition coefficient (Wildman–Crippen LogP) is -1.50. The van der Waals surface area contributed by atoms with Crippen LogP contribution < -0.4 is 5.32 Å². The van der Waals surface area contributed by atoms with Crippen LogP contribution in [0.4, 0.5) is 0 Å². The topological polar surface area (TPSA) is 73.0 Å². The molecule has 7 nitrogen and oxygen atoms in total. The smallest absolute Gasteiger partial charge is 0.312 e. The van der Waals surface area contributed by atoms with Crippen LogP contribution in [0.25, 0.3) is 0 Å². The van der Waals surface area contributed by atoms with Gasteiger partial charge in [0, 0.05) is 46.3 Å². The highest BCUT2D eigenvalue weighted by Gasteiger charge is 2.28. The van der Waals surface area contributed by atoms with E-state index in [0.717, 1.165) is 25.9 Å². The van der Waals surface area contributed by atoms with E-state index in [9.17, 15) is 14.4 Å². The van der Waals surface area contributed by atoms with Crippen LogP contribution in [0.3, 0.4) is 0 Å². The standard InChI is InChI=1S/C13H22N4O3/c1-15(10-11(18)16-6-2-3-7-16)12(19)13(20)17-8-4-14-5-9-17/h14H,2-10H2,1H3. The monoisotopic (exact) mass is 282 g/mol. The molecule has 20 heavy (non-hydrogen) atoms. The van der Waals surface area contributed by atoms with Crippen LogP contribution in [-0.4, -0.2) is 85.3 Å². The van der Waals surface area contributed by atoms with Crippen molar-refractivity contribution in [3.05, 3.63) is 0 Å². The lowest BCUT2D eigenvalue weighted by atomic mass is 10.3. The highest BCUT2D eigenvalue weighted by atomic mass is 16.2. The van der Waals surface area contributed by atoms with Crippen LogP contribution in [0.2, 0.25) is 0 Å².